The monoisotopic (exact) mass is 574 g/mol. The van der Waals surface area contributed by atoms with Crippen LogP contribution in [0.15, 0.2) is 31.3 Å². The van der Waals surface area contributed by atoms with Crippen LogP contribution in [0, 0.1) is 27.9 Å². The van der Waals surface area contributed by atoms with Gasteiger partial charge in [-0.3, -0.25) is 10.1 Å². The molecule has 35 heavy (non-hydrogen) atoms. The predicted octanol–water partition coefficient (Wildman–Crippen LogP) is 9.31. The molecule has 0 saturated carbocycles. The molecule has 1 aromatic carbocycles. The molecule has 8 heteroatoms. The number of rotatable bonds is 8. The Morgan fingerprint density at radius 1 is 0.857 bits per heavy atom. The quantitative estimate of drug-likeness (QED) is 0.134. The summed E-state index contributed by atoms with van der Waals surface area (Å²) in [7, 11) is 0. The number of hydrogen-bond donors (Lipinski definition) is 0. The Bertz CT molecular complexity index is 725. The number of nitro benzene ring substituents is 1. The van der Waals surface area contributed by atoms with Crippen molar-refractivity contribution >= 4 is 5.69 Å². The molecule has 0 aliphatic rings. The zero-order valence-electron chi connectivity index (χ0n) is 24.4. The van der Waals surface area contributed by atoms with E-state index in [1.807, 2.05) is 0 Å². The van der Waals surface area contributed by atoms with E-state index in [-0.39, 0.29) is 22.9 Å². The van der Waals surface area contributed by atoms with Crippen LogP contribution in [-0.2, 0) is 18.2 Å². The minimum Gasteiger partial charge on any atom is -0.674 e. The summed E-state index contributed by atoms with van der Waals surface area (Å²) < 4.78 is 9.01. The third kappa shape index (κ3) is 25.7. The molecule has 1 aromatic rings. The maximum atomic E-state index is 10.7. The first-order chi connectivity index (χ1) is 15.8. The Hall–Kier alpha value is -1.17. The van der Waals surface area contributed by atoms with Gasteiger partial charge in [0.1, 0.15) is 0 Å². The fourth-order valence-electron chi connectivity index (χ4n) is 1.92. The Labute approximate surface area is 224 Å². The van der Waals surface area contributed by atoms with Gasteiger partial charge >= 0.3 is 77.8 Å². The van der Waals surface area contributed by atoms with Gasteiger partial charge in [-0.1, -0.05) is 57.2 Å². The van der Waals surface area contributed by atoms with Crippen molar-refractivity contribution in [2.45, 2.75) is 107 Å². The molecule has 0 spiro atoms. The van der Waals surface area contributed by atoms with Gasteiger partial charge in [0.25, 0.3) is 5.69 Å². The van der Waals surface area contributed by atoms with Gasteiger partial charge in [-0.25, -0.2) is 6.17 Å². The van der Waals surface area contributed by atoms with Gasteiger partial charge in [0.2, 0.25) is 0 Å². The minimum atomic E-state index is -0.473. The number of benzene rings is 1. The third-order valence-corrected chi connectivity index (χ3v) is 6.41. The topological polar surface area (TPSA) is 96.1 Å². The molecule has 0 atom stereocenters. The van der Waals surface area contributed by atoms with Crippen LogP contribution in [0.1, 0.15) is 102 Å². The second-order valence-corrected chi connectivity index (χ2v) is 13.1. The smallest absolute Gasteiger partial charge is 0.269 e. The molecule has 1 rings (SSSR count). The molecule has 0 unspecified atom stereocenters. The minimum absolute atomic E-state index is 0.0974. The fourth-order valence-corrected chi connectivity index (χ4v) is 3.23. The third-order valence-electron chi connectivity index (χ3n) is 3.32. The average Bonchev–Trinajstić information content (AvgIpc) is 2.65. The zero-order chi connectivity index (χ0) is 27.8. The summed E-state index contributed by atoms with van der Waals surface area (Å²) in [6, 6.07) is 6.52. The normalized spacial score (nSPS) is 11.6. The van der Waals surface area contributed by atoms with E-state index in [0.29, 0.717) is 11.8 Å². The van der Waals surface area contributed by atoms with Crippen LogP contribution in [0.5, 0.6) is 0 Å². The van der Waals surface area contributed by atoms with Crippen molar-refractivity contribution in [3.63, 3.8) is 0 Å². The maximum Gasteiger partial charge on any atom is 0.269 e. The zero-order valence-corrected chi connectivity index (χ0v) is 26.4. The van der Waals surface area contributed by atoms with Crippen molar-refractivity contribution < 1.29 is 23.1 Å². The van der Waals surface area contributed by atoms with Crippen molar-refractivity contribution in [1.29, 1.82) is 0 Å². The summed E-state index contributed by atoms with van der Waals surface area (Å²) in [5.41, 5.74) is 1.23. The first-order valence-corrected chi connectivity index (χ1v) is 14.1. The van der Waals surface area contributed by atoms with E-state index in [0.717, 1.165) is 18.7 Å². The van der Waals surface area contributed by atoms with Crippen LogP contribution < -0.4 is 0 Å². The molecule has 204 valence electrons. The first kappa shape index (κ1) is 36.0. The first-order valence-electron chi connectivity index (χ1n) is 12.3. The van der Waals surface area contributed by atoms with E-state index in [9.17, 15) is 10.1 Å². The Kier molecular flexibility index (Phi) is 18.6. The number of nitrogens with zero attached hydrogens (tertiary/aromatic N) is 5. The van der Waals surface area contributed by atoms with Gasteiger partial charge in [0.05, 0.1) is 4.92 Å². The average molecular weight is 573 g/mol. The summed E-state index contributed by atoms with van der Waals surface area (Å²) >= 11 is -0.473. The molecule has 0 N–H and O–H groups in total. The van der Waals surface area contributed by atoms with Crippen molar-refractivity contribution in [3.05, 3.63) is 56.5 Å². The molecule has 0 radical (unpaired) electrons. The molecule has 0 amide bonds. The van der Waals surface area contributed by atoms with Crippen LogP contribution in [0.3, 0.4) is 0 Å². The molecule has 0 aliphatic heterocycles. The largest absolute Gasteiger partial charge is 0.674 e. The summed E-state index contributed by atoms with van der Waals surface area (Å²) in [6.07, 6.45) is -0.222. The molecular formula is C27H50MoN5O2-3. The molecule has 0 heterocycles. The number of non-ortho nitro benzene ring substituents is 1. The molecule has 0 bridgehead atoms. The van der Waals surface area contributed by atoms with Gasteiger partial charge in [-0.15, -0.1) is 13.1 Å². The fraction of sp³-hybridized carbons (Fsp3) is 0.741. The Morgan fingerprint density at radius 2 is 1.20 bits per heavy atom. The van der Waals surface area contributed by atoms with Crippen LogP contribution in [0.4, 0.5) is 5.69 Å². The van der Waals surface area contributed by atoms with Crippen molar-refractivity contribution in [2.75, 3.05) is 13.1 Å². The maximum absolute atomic E-state index is 10.7. The van der Waals surface area contributed by atoms with E-state index in [4.69, 9.17) is 0 Å². The van der Waals surface area contributed by atoms with E-state index < -0.39 is 23.1 Å². The van der Waals surface area contributed by atoms with Crippen LogP contribution >= 0.6 is 0 Å². The summed E-state index contributed by atoms with van der Waals surface area (Å²) in [6.45, 7) is 28.9. The molecule has 0 aromatic heterocycles. The molecule has 0 fully saturated rings. The second-order valence-electron chi connectivity index (χ2n) is 11.8. The Balaban J connectivity index is 0. The van der Waals surface area contributed by atoms with Crippen molar-refractivity contribution in [2.24, 2.45) is 18.8 Å². The van der Waals surface area contributed by atoms with E-state index in [1.54, 1.807) is 12.1 Å². The summed E-state index contributed by atoms with van der Waals surface area (Å²) in [4.78, 5) is 10.3. The number of hydrogen-bond acceptors (Lipinski definition) is 4. The number of nitro groups is 1. The van der Waals surface area contributed by atoms with Crippen molar-refractivity contribution in [1.82, 2.24) is 0 Å². The van der Waals surface area contributed by atoms with Crippen LogP contribution in [0.2, 0.25) is 0 Å². The summed E-state index contributed by atoms with van der Waals surface area (Å²) in [5, 5.41) is 19.9. The summed E-state index contributed by atoms with van der Waals surface area (Å²) in [5.74, 6) is 2.37. The van der Waals surface area contributed by atoms with Gasteiger partial charge in [-0.05, 0) is 0 Å². The molecule has 7 nitrogen and oxygen atoms in total. The van der Waals surface area contributed by atoms with Gasteiger partial charge < -0.3 is 16.6 Å². The van der Waals surface area contributed by atoms with Gasteiger partial charge in [-0.2, -0.15) is 20.8 Å². The van der Waals surface area contributed by atoms with Crippen LogP contribution in [-0.4, -0.2) is 29.1 Å². The Morgan fingerprint density at radius 3 is 1.46 bits per heavy atom. The van der Waals surface area contributed by atoms with Crippen molar-refractivity contribution in [3.8, 4) is 0 Å². The van der Waals surface area contributed by atoms with Gasteiger partial charge in [0.15, 0.2) is 0 Å². The second kappa shape index (κ2) is 18.1. The molecule has 0 saturated heterocycles. The van der Waals surface area contributed by atoms with E-state index in [1.165, 1.54) is 18.1 Å². The van der Waals surface area contributed by atoms with E-state index in [2.05, 4.69) is 108 Å². The van der Waals surface area contributed by atoms with E-state index >= 15 is 0 Å². The standard InChI is InChI=1S/C15H23N3O2.2C4H9N.C4H9.Mo/c1-11(2)9-16-15(17-10-12(3)4)13-5-7-14(8-6-13)18(19)20;2*1-4(2,3)5;1-4(2)3;/h5-8,11-12,15H,9-10H2,1-4H3;2*1-3H3;1-3H3;/q-2;;;-1;. The SMILES string of the molecule is CC(C)(C)[N]=[Mo]=[N]C(C)(C)C.CC(C)C[N-]C([N-]CC(C)C)c1ccc([N+](=O)[O-])cc1.C[C-](C)C. The van der Waals surface area contributed by atoms with Gasteiger partial charge in [0, 0.05) is 12.1 Å². The molecular weight excluding hydrogens is 522 g/mol. The molecule has 0 aliphatic carbocycles. The van der Waals surface area contributed by atoms with Crippen LogP contribution in [0.25, 0.3) is 10.6 Å². The predicted molar refractivity (Wildman–Crippen MR) is 147 cm³/mol.